The highest BCUT2D eigenvalue weighted by Crippen LogP contribution is 2.34. The molecule has 0 bridgehead atoms. The van der Waals surface area contributed by atoms with Crippen molar-refractivity contribution < 1.29 is 27.5 Å². The monoisotopic (exact) mass is 438 g/mol. The summed E-state index contributed by atoms with van der Waals surface area (Å²) >= 11 is 0.820. The molecule has 0 saturated carbocycles. The molecule has 8 nitrogen and oxygen atoms in total. The molecule has 2 heterocycles. The van der Waals surface area contributed by atoms with Gasteiger partial charge in [0.25, 0.3) is 11.1 Å². The highest BCUT2D eigenvalue weighted by molar-refractivity contribution is 8.18. The maximum atomic E-state index is 12.6. The lowest BCUT2D eigenvalue weighted by molar-refractivity contribution is -0.132. The van der Waals surface area contributed by atoms with Gasteiger partial charge in [0, 0.05) is 31.6 Å². The number of carbonyl (C=O) groups is 3. The zero-order valence-electron chi connectivity index (χ0n) is 16.2. The molecule has 1 aromatic rings. The minimum atomic E-state index is -3.10. The molecule has 10 heteroatoms. The predicted molar refractivity (Wildman–Crippen MR) is 110 cm³/mol. The van der Waals surface area contributed by atoms with E-state index in [1.165, 1.54) is 12.0 Å². The molecule has 0 N–H and O–H groups in total. The summed E-state index contributed by atoms with van der Waals surface area (Å²) in [6, 6.07) is 6.79. The lowest BCUT2D eigenvalue weighted by atomic mass is 10.2. The van der Waals surface area contributed by atoms with Crippen LogP contribution in [0.15, 0.2) is 29.2 Å². The third kappa shape index (κ3) is 4.81. The number of methoxy groups -OCH3 is 1. The zero-order chi connectivity index (χ0) is 21.2. The summed E-state index contributed by atoms with van der Waals surface area (Å²) < 4.78 is 28.5. The van der Waals surface area contributed by atoms with E-state index < -0.39 is 21.0 Å². The second-order valence-electron chi connectivity index (χ2n) is 6.89. The van der Waals surface area contributed by atoms with E-state index in [2.05, 4.69) is 0 Å². The van der Waals surface area contributed by atoms with Gasteiger partial charge < -0.3 is 9.64 Å². The molecule has 3 amide bonds. The van der Waals surface area contributed by atoms with Crippen molar-refractivity contribution in [3.63, 3.8) is 0 Å². The van der Waals surface area contributed by atoms with E-state index >= 15 is 0 Å². The van der Waals surface area contributed by atoms with Crippen LogP contribution >= 0.6 is 11.8 Å². The first-order chi connectivity index (χ1) is 13.7. The van der Waals surface area contributed by atoms with Crippen LogP contribution in [0, 0.1) is 0 Å². The second-order valence-corrected chi connectivity index (χ2v) is 10.1. The maximum Gasteiger partial charge on any atom is 0.293 e. The summed E-state index contributed by atoms with van der Waals surface area (Å²) in [5.74, 6) is -0.128. The number of hydrogen-bond donors (Lipinski definition) is 0. The summed E-state index contributed by atoms with van der Waals surface area (Å²) in [5, 5.41) is -0.435. The zero-order valence-corrected chi connectivity index (χ0v) is 17.8. The van der Waals surface area contributed by atoms with Crippen molar-refractivity contribution >= 4 is 44.7 Å². The first kappa shape index (κ1) is 21.4. The van der Waals surface area contributed by atoms with Gasteiger partial charge in [-0.15, -0.1) is 0 Å². The van der Waals surface area contributed by atoms with Crippen molar-refractivity contribution in [2.45, 2.75) is 18.9 Å². The van der Waals surface area contributed by atoms with Gasteiger partial charge in [0.05, 0.1) is 23.5 Å². The first-order valence-corrected chi connectivity index (χ1v) is 11.7. The van der Waals surface area contributed by atoms with Crippen LogP contribution in [0.3, 0.4) is 0 Å². The Morgan fingerprint density at radius 3 is 2.72 bits per heavy atom. The SMILES string of the molecule is COc1ccccc1/C=C1\SC(=O)N(CCC(=O)N(C)[C@@H]2CCS(=O)(=O)C2)C1=O. The molecule has 0 aliphatic carbocycles. The standard InChI is InChI=1S/C19H22N2O6S2/c1-20(14-8-10-29(25,26)12-14)17(22)7-9-21-18(23)16(28-19(21)24)11-13-5-3-4-6-15(13)27-2/h3-6,11,14H,7-10,12H2,1-2H3/b16-11-/t14-/m1/s1. The van der Waals surface area contributed by atoms with E-state index in [1.807, 2.05) is 0 Å². The van der Waals surface area contributed by atoms with Crippen molar-refractivity contribution in [3.05, 3.63) is 34.7 Å². The topological polar surface area (TPSA) is 101 Å². The maximum absolute atomic E-state index is 12.6. The summed E-state index contributed by atoms with van der Waals surface area (Å²) in [6.45, 7) is -0.0451. The van der Waals surface area contributed by atoms with Crippen LogP contribution in [0.25, 0.3) is 6.08 Å². The van der Waals surface area contributed by atoms with E-state index in [0.29, 0.717) is 17.7 Å². The smallest absolute Gasteiger partial charge is 0.293 e. The number of ether oxygens (including phenoxy) is 1. The summed E-state index contributed by atoms with van der Waals surface area (Å²) in [6.07, 6.45) is 1.96. The van der Waals surface area contributed by atoms with Crippen molar-refractivity contribution in [1.82, 2.24) is 9.80 Å². The minimum absolute atomic E-state index is 0.0432. The third-order valence-electron chi connectivity index (χ3n) is 5.00. The Labute approximate surface area is 173 Å². The lowest BCUT2D eigenvalue weighted by Crippen LogP contribution is -2.40. The molecule has 1 atom stereocenters. The largest absolute Gasteiger partial charge is 0.496 e. The van der Waals surface area contributed by atoms with Crippen LogP contribution in [0.1, 0.15) is 18.4 Å². The minimum Gasteiger partial charge on any atom is -0.496 e. The molecule has 0 unspecified atom stereocenters. The molecule has 2 fully saturated rings. The average molecular weight is 439 g/mol. The molecule has 156 valence electrons. The van der Waals surface area contributed by atoms with Crippen molar-refractivity contribution in [2.24, 2.45) is 0 Å². The van der Waals surface area contributed by atoms with Gasteiger partial charge in [0.2, 0.25) is 5.91 Å². The molecule has 0 spiro atoms. The number of carbonyl (C=O) groups excluding carboxylic acids is 3. The van der Waals surface area contributed by atoms with Crippen LogP contribution in [0.4, 0.5) is 4.79 Å². The van der Waals surface area contributed by atoms with Crippen molar-refractivity contribution in [2.75, 3.05) is 32.2 Å². The molecule has 0 radical (unpaired) electrons. The van der Waals surface area contributed by atoms with Crippen molar-refractivity contribution in [1.29, 1.82) is 0 Å². The Morgan fingerprint density at radius 1 is 1.34 bits per heavy atom. The number of hydrogen-bond acceptors (Lipinski definition) is 7. The van der Waals surface area contributed by atoms with Gasteiger partial charge >= 0.3 is 0 Å². The number of imide groups is 1. The second kappa shape index (κ2) is 8.58. The third-order valence-corrected chi connectivity index (χ3v) is 7.66. The van der Waals surface area contributed by atoms with Gasteiger partial charge in [-0.3, -0.25) is 19.3 Å². The molecule has 0 aromatic heterocycles. The Bertz CT molecular complexity index is 973. The summed E-state index contributed by atoms with van der Waals surface area (Å²) in [4.78, 5) is 40.0. The first-order valence-electron chi connectivity index (χ1n) is 9.06. The number of amides is 3. The van der Waals surface area contributed by atoms with E-state index in [1.54, 1.807) is 37.4 Å². The molecule has 2 aliphatic heterocycles. The molecule has 1 aromatic carbocycles. The lowest BCUT2D eigenvalue weighted by Gasteiger charge is -2.24. The summed E-state index contributed by atoms with van der Waals surface area (Å²) in [5.41, 5.74) is 0.679. The number of sulfone groups is 1. The van der Waals surface area contributed by atoms with Crippen LogP contribution in [0.2, 0.25) is 0 Å². The number of benzene rings is 1. The molecular weight excluding hydrogens is 416 g/mol. The van der Waals surface area contributed by atoms with Crippen molar-refractivity contribution in [3.8, 4) is 5.75 Å². The van der Waals surface area contributed by atoms with Gasteiger partial charge in [-0.25, -0.2) is 8.42 Å². The van der Waals surface area contributed by atoms with Crippen LogP contribution in [-0.4, -0.2) is 73.5 Å². The Kier molecular flexibility index (Phi) is 6.33. The number of para-hydroxylation sites is 1. The highest BCUT2D eigenvalue weighted by Gasteiger charge is 2.37. The fourth-order valence-electron chi connectivity index (χ4n) is 3.29. The van der Waals surface area contributed by atoms with Gasteiger partial charge in [0.15, 0.2) is 9.84 Å². The fourth-order valence-corrected chi connectivity index (χ4v) is 5.92. The molecule has 2 saturated heterocycles. The number of nitrogens with zero attached hydrogens (tertiary/aromatic N) is 2. The number of thioether (sulfide) groups is 1. The average Bonchev–Trinajstić information content (AvgIpc) is 3.18. The molecule has 2 aliphatic rings. The fraction of sp³-hybridized carbons (Fsp3) is 0.421. The highest BCUT2D eigenvalue weighted by atomic mass is 32.2. The molecular formula is C19H22N2O6S2. The van der Waals surface area contributed by atoms with Crippen LogP contribution in [0.5, 0.6) is 5.75 Å². The van der Waals surface area contributed by atoms with E-state index in [4.69, 9.17) is 4.74 Å². The normalized spacial score (nSPS) is 22.3. The van der Waals surface area contributed by atoms with Crippen LogP contribution < -0.4 is 4.74 Å². The molecule has 29 heavy (non-hydrogen) atoms. The van der Waals surface area contributed by atoms with Gasteiger partial charge in [-0.05, 0) is 30.3 Å². The van der Waals surface area contributed by atoms with Gasteiger partial charge in [-0.2, -0.15) is 0 Å². The van der Waals surface area contributed by atoms with E-state index in [0.717, 1.165) is 16.7 Å². The molecule has 3 rings (SSSR count). The Hall–Kier alpha value is -2.33. The quantitative estimate of drug-likeness (QED) is 0.624. The van der Waals surface area contributed by atoms with E-state index in [9.17, 15) is 22.8 Å². The Morgan fingerprint density at radius 2 is 2.07 bits per heavy atom. The van der Waals surface area contributed by atoms with Gasteiger partial charge in [0.1, 0.15) is 5.75 Å². The van der Waals surface area contributed by atoms with Gasteiger partial charge in [-0.1, -0.05) is 18.2 Å². The number of rotatable bonds is 6. The van der Waals surface area contributed by atoms with Crippen LogP contribution in [-0.2, 0) is 19.4 Å². The summed E-state index contributed by atoms with van der Waals surface area (Å²) in [7, 11) is -0.0159. The predicted octanol–water partition coefficient (Wildman–Crippen LogP) is 1.77. The Balaban J connectivity index is 1.63. The van der Waals surface area contributed by atoms with E-state index in [-0.39, 0.29) is 41.3 Å².